The van der Waals surface area contributed by atoms with Crippen LogP contribution in [0.3, 0.4) is 0 Å². The monoisotopic (exact) mass is 379 g/mol. The molecule has 24 heavy (non-hydrogen) atoms. The first-order valence-corrected chi connectivity index (χ1v) is 9.11. The van der Waals surface area contributed by atoms with Crippen LogP contribution in [0.2, 0.25) is 0 Å². The lowest BCUT2D eigenvalue weighted by atomic mass is 9.85. The number of hydrogen-bond donors (Lipinski definition) is 3. The molecular weight excluding hydrogens is 357 g/mol. The van der Waals surface area contributed by atoms with Gasteiger partial charge in [-0.05, 0) is 43.5 Å². The van der Waals surface area contributed by atoms with Crippen LogP contribution in [0.4, 0.5) is 10.1 Å². The predicted molar refractivity (Wildman–Crippen MR) is 93.1 cm³/mol. The summed E-state index contributed by atoms with van der Waals surface area (Å²) in [4.78, 5) is 11.0. The minimum atomic E-state index is -3.80. The van der Waals surface area contributed by atoms with Gasteiger partial charge in [-0.1, -0.05) is 12.8 Å². The summed E-state index contributed by atoms with van der Waals surface area (Å²) in [6.07, 6.45) is 3.62. The fourth-order valence-corrected chi connectivity index (χ4v) is 4.23. The molecule has 2 unspecified atom stereocenters. The highest BCUT2D eigenvalue weighted by molar-refractivity contribution is 7.89. The highest BCUT2D eigenvalue weighted by Gasteiger charge is 2.29. The first kappa shape index (κ1) is 20.8. The highest BCUT2D eigenvalue weighted by Crippen LogP contribution is 2.26. The van der Waals surface area contributed by atoms with Crippen LogP contribution in [0.25, 0.3) is 0 Å². The molecule has 136 valence electrons. The minimum absolute atomic E-state index is 0. The van der Waals surface area contributed by atoms with Gasteiger partial charge in [-0.15, -0.1) is 12.4 Å². The number of hydrogen-bond acceptors (Lipinski definition) is 4. The van der Waals surface area contributed by atoms with Gasteiger partial charge in [0.15, 0.2) is 0 Å². The summed E-state index contributed by atoms with van der Waals surface area (Å²) < 4.78 is 41.4. The number of carbonyl (C=O) groups excluding carboxylic acids is 1. The smallest absolute Gasteiger partial charge is 0.240 e. The van der Waals surface area contributed by atoms with Gasteiger partial charge >= 0.3 is 0 Å². The second kappa shape index (κ2) is 8.75. The third-order valence-electron chi connectivity index (χ3n) is 4.08. The van der Waals surface area contributed by atoms with Crippen LogP contribution in [0.5, 0.6) is 0 Å². The van der Waals surface area contributed by atoms with Crippen molar-refractivity contribution in [2.24, 2.45) is 11.7 Å². The van der Waals surface area contributed by atoms with E-state index in [4.69, 9.17) is 5.73 Å². The average molecular weight is 380 g/mol. The summed E-state index contributed by atoms with van der Waals surface area (Å²) in [5.74, 6) is -1.05. The lowest BCUT2D eigenvalue weighted by Gasteiger charge is -2.31. The van der Waals surface area contributed by atoms with Crippen molar-refractivity contribution in [1.29, 1.82) is 0 Å². The minimum Gasteiger partial charge on any atom is -0.330 e. The van der Waals surface area contributed by atoms with E-state index in [0.717, 1.165) is 37.8 Å². The lowest BCUT2D eigenvalue weighted by molar-refractivity contribution is -0.114. The van der Waals surface area contributed by atoms with Gasteiger partial charge < -0.3 is 11.1 Å². The molecule has 6 nitrogen and oxygen atoms in total. The van der Waals surface area contributed by atoms with Crippen molar-refractivity contribution in [2.75, 3.05) is 11.9 Å². The standard InChI is InChI=1S/C15H22FN3O3S.ClH/c1-10(20)18-15-8-12(6-7-13(15)16)23(21,22)19-14-5-3-2-4-11(14)9-17;/h6-8,11,14,19H,2-5,9,17H2,1H3,(H,18,20);1H. The van der Waals surface area contributed by atoms with E-state index in [9.17, 15) is 17.6 Å². The van der Waals surface area contributed by atoms with Gasteiger partial charge in [0.1, 0.15) is 5.82 Å². The third kappa shape index (κ3) is 5.14. The van der Waals surface area contributed by atoms with Crippen molar-refractivity contribution in [1.82, 2.24) is 4.72 Å². The molecule has 0 saturated heterocycles. The topological polar surface area (TPSA) is 101 Å². The van der Waals surface area contributed by atoms with Crippen LogP contribution < -0.4 is 15.8 Å². The molecule has 0 aromatic heterocycles. The van der Waals surface area contributed by atoms with E-state index >= 15 is 0 Å². The van der Waals surface area contributed by atoms with Crippen molar-refractivity contribution in [3.8, 4) is 0 Å². The Balaban J connectivity index is 0.00000288. The number of nitrogens with one attached hydrogen (secondary N) is 2. The SMILES string of the molecule is CC(=O)Nc1cc(S(=O)(=O)NC2CCCCC2CN)ccc1F.Cl. The number of amides is 1. The molecule has 1 aliphatic rings. The first-order chi connectivity index (χ1) is 10.8. The number of rotatable bonds is 5. The molecule has 2 atom stereocenters. The van der Waals surface area contributed by atoms with Gasteiger partial charge in [-0.2, -0.15) is 0 Å². The van der Waals surface area contributed by atoms with Gasteiger partial charge in [-0.25, -0.2) is 17.5 Å². The Hall–Kier alpha value is -1.22. The molecule has 0 radical (unpaired) electrons. The number of sulfonamides is 1. The molecule has 0 spiro atoms. The van der Waals surface area contributed by atoms with E-state index in [1.807, 2.05) is 0 Å². The Morgan fingerprint density at radius 3 is 2.62 bits per heavy atom. The molecule has 1 saturated carbocycles. The quantitative estimate of drug-likeness (QED) is 0.728. The second-order valence-electron chi connectivity index (χ2n) is 5.83. The van der Waals surface area contributed by atoms with Crippen LogP contribution >= 0.6 is 12.4 Å². The van der Waals surface area contributed by atoms with Crippen LogP contribution in [-0.4, -0.2) is 26.9 Å². The molecule has 0 bridgehead atoms. The summed E-state index contributed by atoms with van der Waals surface area (Å²) in [6.45, 7) is 1.65. The largest absolute Gasteiger partial charge is 0.330 e. The maximum absolute atomic E-state index is 13.6. The molecule has 1 aromatic rings. The van der Waals surface area contributed by atoms with E-state index in [1.165, 1.54) is 13.0 Å². The molecule has 0 heterocycles. The number of benzene rings is 1. The van der Waals surface area contributed by atoms with E-state index in [-0.39, 0.29) is 34.9 Å². The fourth-order valence-electron chi connectivity index (χ4n) is 2.87. The summed E-state index contributed by atoms with van der Waals surface area (Å²) in [6, 6.07) is 3.12. The Bertz CT molecular complexity index is 685. The number of halogens is 2. The Kier molecular flexibility index (Phi) is 7.59. The van der Waals surface area contributed by atoms with Crippen LogP contribution in [-0.2, 0) is 14.8 Å². The third-order valence-corrected chi connectivity index (χ3v) is 5.56. The molecule has 2 rings (SSSR count). The average Bonchev–Trinajstić information content (AvgIpc) is 2.49. The highest BCUT2D eigenvalue weighted by atomic mass is 35.5. The number of anilines is 1. The summed E-state index contributed by atoms with van der Waals surface area (Å²) >= 11 is 0. The summed E-state index contributed by atoms with van der Waals surface area (Å²) in [5.41, 5.74) is 5.56. The zero-order chi connectivity index (χ0) is 17.0. The Morgan fingerprint density at radius 2 is 2.00 bits per heavy atom. The molecule has 0 aliphatic heterocycles. The molecule has 1 aliphatic carbocycles. The Morgan fingerprint density at radius 1 is 1.33 bits per heavy atom. The van der Waals surface area contributed by atoms with E-state index in [2.05, 4.69) is 10.0 Å². The summed E-state index contributed by atoms with van der Waals surface area (Å²) in [5, 5.41) is 2.28. The molecule has 1 fully saturated rings. The summed E-state index contributed by atoms with van der Waals surface area (Å²) in [7, 11) is -3.80. The van der Waals surface area contributed by atoms with Gasteiger partial charge in [0.2, 0.25) is 15.9 Å². The van der Waals surface area contributed by atoms with Crippen molar-refractivity contribution >= 4 is 34.0 Å². The van der Waals surface area contributed by atoms with E-state index in [1.54, 1.807) is 0 Å². The van der Waals surface area contributed by atoms with Gasteiger partial charge in [0.05, 0.1) is 10.6 Å². The van der Waals surface area contributed by atoms with Gasteiger partial charge in [0.25, 0.3) is 0 Å². The predicted octanol–water partition coefficient (Wildman–Crippen LogP) is 2.00. The van der Waals surface area contributed by atoms with Crippen molar-refractivity contribution < 1.29 is 17.6 Å². The van der Waals surface area contributed by atoms with Crippen molar-refractivity contribution in [3.05, 3.63) is 24.0 Å². The van der Waals surface area contributed by atoms with E-state index < -0.39 is 21.7 Å². The molecular formula is C15H23ClFN3O3S. The lowest BCUT2D eigenvalue weighted by Crippen LogP contribution is -2.44. The first-order valence-electron chi connectivity index (χ1n) is 7.63. The zero-order valence-corrected chi connectivity index (χ0v) is 15.1. The maximum atomic E-state index is 13.6. The van der Waals surface area contributed by atoms with Crippen molar-refractivity contribution in [2.45, 2.75) is 43.5 Å². The van der Waals surface area contributed by atoms with Crippen LogP contribution in [0.15, 0.2) is 23.1 Å². The van der Waals surface area contributed by atoms with Crippen molar-refractivity contribution in [3.63, 3.8) is 0 Å². The van der Waals surface area contributed by atoms with Crippen LogP contribution in [0.1, 0.15) is 32.6 Å². The Labute approximate surface area is 147 Å². The number of nitrogens with two attached hydrogens (primary N) is 1. The number of carbonyl (C=O) groups is 1. The molecule has 1 amide bonds. The van der Waals surface area contributed by atoms with E-state index in [0.29, 0.717) is 6.54 Å². The maximum Gasteiger partial charge on any atom is 0.240 e. The molecule has 9 heteroatoms. The molecule has 4 N–H and O–H groups in total. The van der Waals surface area contributed by atoms with Crippen LogP contribution in [0, 0.1) is 11.7 Å². The second-order valence-corrected chi connectivity index (χ2v) is 7.54. The zero-order valence-electron chi connectivity index (χ0n) is 13.4. The normalized spacial score (nSPS) is 21.0. The van der Waals surface area contributed by atoms with Gasteiger partial charge in [-0.3, -0.25) is 4.79 Å². The molecule has 1 aromatic carbocycles. The fraction of sp³-hybridized carbons (Fsp3) is 0.533. The van der Waals surface area contributed by atoms with Gasteiger partial charge in [0, 0.05) is 13.0 Å².